The molecule has 0 radical (unpaired) electrons. The maximum absolute atomic E-state index is 11.9. The maximum atomic E-state index is 11.9. The molecule has 146 valence electrons. The Morgan fingerprint density at radius 1 is 0.963 bits per heavy atom. The summed E-state index contributed by atoms with van der Waals surface area (Å²) in [7, 11) is 0. The molecule has 3 rings (SSSR count). The van der Waals surface area contributed by atoms with Gasteiger partial charge in [0, 0.05) is 63.8 Å². The second kappa shape index (κ2) is 10.7. The van der Waals surface area contributed by atoms with Crippen LogP contribution in [0.2, 0.25) is 0 Å². The summed E-state index contributed by atoms with van der Waals surface area (Å²) < 4.78 is 1.87. The molecule has 2 heterocycles. The van der Waals surface area contributed by atoms with E-state index in [9.17, 15) is 4.79 Å². The van der Waals surface area contributed by atoms with Gasteiger partial charge in [-0.1, -0.05) is 18.2 Å². The molecule has 6 heteroatoms. The van der Waals surface area contributed by atoms with Crippen molar-refractivity contribution in [3.63, 3.8) is 0 Å². The van der Waals surface area contributed by atoms with Crippen LogP contribution in [0.3, 0.4) is 0 Å². The van der Waals surface area contributed by atoms with Gasteiger partial charge >= 0.3 is 0 Å². The standard InChI is InChI=1S/C21H31N5O/c27-21(10-6-14-26-15-7-12-23-26)22-11-4-5-13-24-16-18-25(19-17-24)20-8-2-1-3-9-20/h1-3,7-9,12,15H,4-6,10-11,13-14,16-19H2,(H,22,27). The Hall–Kier alpha value is -2.34. The maximum Gasteiger partial charge on any atom is 0.220 e. The number of aryl methyl sites for hydroxylation is 1. The Bertz CT molecular complexity index is 650. The lowest BCUT2D eigenvalue weighted by Crippen LogP contribution is -2.46. The SMILES string of the molecule is O=C(CCCn1cccn1)NCCCCN1CCN(c2ccccc2)CC1. The normalized spacial score (nSPS) is 15.0. The van der Waals surface area contributed by atoms with Gasteiger partial charge in [-0.15, -0.1) is 0 Å². The Morgan fingerprint density at radius 3 is 2.52 bits per heavy atom. The van der Waals surface area contributed by atoms with Crippen LogP contribution < -0.4 is 10.2 Å². The molecule has 1 aliphatic heterocycles. The number of aromatic nitrogens is 2. The topological polar surface area (TPSA) is 53.4 Å². The molecule has 0 unspecified atom stereocenters. The zero-order chi connectivity index (χ0) is 18.7. The fraction of sp³-hybridized carbons (Fsp3) is 0.524. The Balaban J connectivity index is 1.19. The number of hydrogen-bond donors (Lipinski definition) is 1. The van der Waals surface area contributed by atoms with Crippen LogP contribution in [-0.2, 0) is 11.3 Å². The summed E-state index contributed by atoms with van der Waals surface area (Å²) in [5, 5.41) is 7.18. The molecule has 1 N–H and O–H groups in total. The molecular formula is C21H31N5O. The zero-order valence-electron chi connectivity index (χ0n) is 16.1. The van der Waals surface area contributed by atoms with E-state index in [0.717, 1.165) is 65.1 Å². The smallest absolute Gasteiger partial charge is 0.220 e. The third-order valence-electron chi connectivity index (χ3n) is 5.07. The second-order valence-corrected chi connectivity index (χ2v) is 7.09. The van der Waals surface area contributed by atoms with Gasteiger partial charge in [0.1, 0.15) is 0 Å². The summed E-state index contributed by atoms with van der Waals surface area (Å²) in [6.07, 6.45) is 7.28. The van der Waals surface area contributed by atoms with Crippen molar-refractivity contribution < 1.29 is 4.79 Å². The van der Waals surface area contributed by atoms with Crippen LogP contribution in [0.4, 0.5) is 5.69 Å². The number of carbonyl (C=O) groups is 1. The highest BCUT2D eigenvalue weighted by atomic mass is 16.1. The predicted octanol–water partition coefficient (Wildman–Crippen LogP) is 2.38. The minimum atomic E-state index is 0.152. The highest BCUT2D eigenvalue weighted by Gasteiger charge is 2.16. The van der Waals surface area contributed by atoms with Crippen LogP contribution in [0.5, 0.6) is 0 Å². The lowest BCUT2D eigenvalue weighted by Gasteiger charge is -2.36. The molecule has 2 aromatic rings. The zero-order valence-corrected chi connectivity index (χ0v) is 16.1. The molecule has 27 heavy (non-hydrogen) atoms. The molecule has 0 atom stereocenters. The third-order valence-corrected chi connectivity index (χ3v) is 5.07. The molecule has 6 nitrogen and oxygen atoms in total. The molecule has 0 bridgehead atoms. The van der Waals surface area contributed by atoms with Crippen molar-refractivity contribution in [3.8, 4) is 0 Å². The Kier molecular flexibility index (Phi) is 7.71. The van der Waals surface area contributed by atoms with Crippen LogP contribution in [-0.4, -0.2) is 59.9 Å². The number of carbonyl (C=O) groups excluding carboxylic acids is 1. The van der Waals surface area contributed by atoms with Gasteiger partial charge in [0.2, 0.25) is 5.91 Å². The van der Waals surface area contributed by atoms with Crippen molar-refractivity contribution in [2.45, 2.75) is 32.2 Å². The highest BCUT2D eigenvalue weighted by Crippen LogP contribution is 2.15. The lowest BCUT2D eigenvalue weighted by atomic mass is 10.2. The average molecular weight is 370 g/mol. The molecule has 1 aromatic heterocycles. The van der Waals surface area contributed by atoms with E-state index in [0.29, 0.717) is 6.42 Å². The van der Waals surface area contributed by atoms with Crippen molar-refractivity contribution in [2.24, 2.45) is 0 Å². The fourth-order valence-electron chi connectivity index (χ4n) is 3.48. The largest absolute Gasteiger partial charge is 0.369 e. The summed E-state index contributed by atoms with van der Waals surface area (Å²) in [6.45, 7) is 7.13. The number of nitrogens with zero attached hydrogens (tertiary/aromatic N) is 4. The van der Waals surface area contributed by atoms with Gasteiger partial charge in [0.05, 0.1) is 0 Å². The van der Waals surface area contributed by atoms with Gasteiger partial charge in [0.25, 0.3) is 0 Å². The summed E-state index contributed by atoms with van der Waals surface area (Å²) in [5.41, 5.74) is 1.33. The molecule has 1 saturated heterocycles. The van der Waals surface area contributed by atoms with E-state index in [1.165, 1.54) is 5.69 Å². The third kappa shape index (κ3) is 6.71. The van der Waals surface area contributed by atoms with Gasteiger partial charge in [-0.3, -0.25) is 14.4 Å². The number of benzene rings is 1. The molecular weight excluding hydrogens is 338 g/mol. The van der Waals surface area contributed by atoms with Gasteiger partial charge in [-0.25, -0.2) is 0 Å². The van der Waals surface area contributed by atoms with E-state index in [1.807, 2.05) is 16.9 Å². The summed E-state index contributed by atoms with van der Waals surface area (Å²) in [4.78, 5) is 16.8. The van der Waals surface area contributed by atoms with Gasteiger partial charge < -0.3 is 10.2 Å². The fourth-order valence-corrected chi connectivity index (χ4v) is 3.48. The Labute approximate surface area is 162 Å². The van der Waals surface area contributed by atoms with Crippen LogP contribution in [0.15, 0.2) is 48.8 Å². The van der Waals surface area contributed by atoms with Crippen LogP contribution in [0, 0.1) is 0 Å². The molecule has 0 aliphatic carbocycles. The molecule has 1 aromatic carbocycles. The van der Waals surface area contributed by atoms with E-state index in [-0.39, 0.29) is 5.91 Å². The quantitative estimate of drug-likeness (QED) is 0.654. The van der Waals surface area contributed by atoms with Crippen LogP contribution in [0.1, 0.15) is 25.7 Å². The minimum Gasteiger partial charge on any atom is -0.369 e. The number of nitrogens with one attached hydrogen (secondary N) is 1. The molecule has 1 aliphatic rings. The number of hydrogen-bond acceptors (Lipinski definition) is 4. The average Bonchev–Trinajstić information content (AvgIpc) is 3.22. The predicted molar refractivity (Wildman–Crippen MR) is 109 cm³/mol. The Morgan fingerprint density at radius 2 is 1.78 bits per heavy atom. The molecule has 1 fully saturated rings. The number of piperazine rings is 1. The first kappa shape index (κ1) is 19.4. The highest BCUT2D eigenvalue weighted by molar-refractivity contribution is 5.75. The van der Waals surface area contributed by atoms with Crippen molar-refractivity contribution in [2.75, 3.05) is 44.2 Å². The number of anilines is 1. The summed E-state index contributed by atoms with van der Waals surface area (Å²) >= 11 is 0. The number of para-hydroxylation sites is 1. The van der Waals surface area contributed by atoms with E-state index < -0.39 is 0 Å². The van der Waals surface area contributed by atoms with Crippen LogP contribution >= 0.6 is 0 Å². The van der Waals surface area contributed by atoms with Crippen molar-refractivity contribution >= 4 is 11.6 Å². The second-order valence-electron chi connectivity index (χ2n) is 7.09. The van der Waals surface area contributed by atoms with Crippen molar-refractivity contribution in [1.82, 2.24) is 20.0 Å². The first-order chi connectivity index (χ1) is 13.3. The van der Waals surface area contributed by atoms with E-state index >= 15 is 0 Å². The van der Waals surface area contributed by atoms with Crippen molar-refractivity contribution in [3.05, 3.63) is 48.8 Å². The number of unbranched alkanes of at least 4 members (excludes halogenated alkanes) is 1. The number of amides is 1. The molecule has 1 amide bonds. The summed E-state index contributed by atoms with van der Waals surface area (Å²) in [6, 6.07) is 12.6. The van der Waals surface area contributed by atoms with E-state index in [2.05, 4.69) is 50.5 Å². The molecule has 0 saturated carbocycles. The first-order valence-electron chi connectivity index (χ1n) is 10.1. The van der Waals surface area contributed by atoms with Gasteiger partial charge in [-0.2, -0.15) is 5.10 Å². The van der Waals surface area contributed by atoms with Gasteiger partial charge in [-0.05, 0) is 44.0 Å². The van der Waals surface area contributed by atoms with Crippen LogP contribution in [0.25, 0.3) is 0 Å². The lowest BCUT2D eigenvalue weighted by molar-refractivity contribution is -0.121. The first-order valence-corrected chi connectivity index (χ1v) is 10.1. The van der Waals surface area contributed by atoms with Crippen molar-refractivity contribution in [1.29, 1.82) is 0 Å². The monoisotopic (exact) mass is 369 g/mol. The van der Waals surface area contributed by atoms with E-state index in [4.69, 9.17) is 0 Å². The van der Waals surface area contributed by atoms with E-state index in [1.54, 1.807) is 6.20 Å². The number of rotatable bonds is 10. The molecule has 0 spiro atoms. The summed E-state index contributed by atoms with van der Waals surface area (Å²) in [5.74, 6) is 0.152. The minimum absolute atomic E-state index is 0.152. The van der Waals surface area contributed by atoms with Gasteiger partial charge in [0.15, 0.2) is 0 Å².